The maximum Gasteiger partial charge on any atom is 0.325 e. The molecule has 2 N–H and O–H groups in total. The molecule has 5 aromatic carbocycles. The minimum Gasteiger partial charge on any atom is -0.491 e. The summed E-state index contributed by atoms with van der Waals surface area (Å²) < 4.78 is 30.9. The topological polar surface area (TPSA) is 187 Å². The maximum absolute atomic E-state index is 15.3. The summed E-state index contributed by atoms with van der Waals surface area (Å²) in [5.41, 5.74) is 2.11. The van der Waals surface area contributed by atoms with Crippen LogP contribution < -0.4 is 14.8 Å². The van der Waals surface area contributed by atoms with Crippen LogP contribution in [0.25, 0.3) is 0 Å². The molecule has 388 valence electrons. The van der Waals surface area contributed by atoms with Gasteiger partial charge < -0.3 is 39.0 Å². The van der Waals surface area contributed by atoms with Crippen LogP contribution in [0, 0.1) is 27.2 Å². The monoisotopic (exact) mass is 1130 g/mol. The molecule has 0 aromatic heterocycles. The van der Waals surface area contributed by atoms with Crippen LogP contribution in [0.15, 0.2) is 140 Å². The standard InChI is InChI=1S/C59H58IN3O12/c1-4-25-73-56(68)48-51-57(69)75-52(36-14-9-6-10-15-36)50(35-12-7-5-8-13-35)63(51)53(59(48)44-32-40(60)20-23-45(44)61-58(59)70)37-18-21-41(22-19-37)72-27-28-74-55(67)43-33-46-47(65)31-39(29-34(2)3)54(66)62(46)49(43)38-16-11-17-42(30-38)71-26-24-64/h4-23,30,32,34,39,43,46,48-53,64H,1,24-29,31,33H2,2-3H3,(H,61,70)/t39-,43+,46+,48+,49+,50+,51+,52-,53-,59+/m1/s1. The Morgan fingerprint density at radius 3 is 2.20 bits per heavy atom. The number of ether oxygens (including phenoxy) is 5. The van der Waals surface area contributed by atoms with E-state index in [-0.39, 0.29) is 63.5 Å². The molecular formula is C59H58IN3O12. The highest BCUT2D eigenvalue weighted by Gasteiger charge is 2.74. The quantitative estimate of drug-likeness (QED) is 0.0299. The lowest BCUT2D eigenvalue weighted by Crippen LogP contribution is -2.52. The SMILES string of the molecule is C=CCOC(=O)[C@@H]1[C@H]2C(=O)O[C@H](c3ccccc3)[C@H](c3ccccc3)N2[C@H](c2ccc(OCCOC(=O)[C@H]3C[C@H]4C(=O)C[C@@H](CC(C)C)C(=O)N4[C@H]3c3cccc(OCCO)c3)cc2)[C@@]12C(=O)Nc1ccc(I)cc12. The molecule has 2 amide bonds. The van der Waals surface area contributed by atoms with Crippen LogP contribution in [-0.2, 0) is 48.4 Å². The smallest absolute Gasteiger partial charge is 0.325 e. The molecule has 0 saturated carbocycles. The number of cyclic esters (lactones) is 1. The first kappa shape index (κ1) is 51.6. The number of fused-ring (bicyclic) bond motifs is 4. The van der Waals surface area contributed by atoms with Gasteiger partial charge in [0.2, 0.25) is 11.8 Å². The van der Waals surface area contributed by atoms with E-state index in [9.17, 15) is 29.1 Å². The van der Waals surface area contributed by atoms with Crippen LogP contribution in [0.5, 0.6) is 11.5 Å². The Kier molecular flexibility index (Phi) is 15.0. The summed E-state index contributed by atoms with van der Waals surface area (Å²) in [5, 5.41) is 12.5. The van der Waals surface area contributed by atoms with E-state index in [4.69, 9.17) is 23.7 Å². The number of halogens is 1. The molecule has 4 fully saturated rings. The number of hydrogen-bond donors (Lipinski definition) is 2. The molecule has 15 nitrogen and oxygen atoms in total. The third kappa shape index (κ3) is 9.49. The van der Waals surface area contributed by atoms with Crippen LogP contribution in [0.2, 0.25) is 0 Å². The van der Waals surface area contributed by atoms with E-state index in [2.05, 4.69) is 34.5 Å². The van der Waals surface area contributed by atoms with Gasteiger partial charge in [0.1, 0.15) is 61.4 Å². The number of rotatable bonds is 17. The summed E-state index contributed by atoms with van der Waals surface area (Å²) in [6.45, 7) is 7.27. The third-order valence-electron chi connectivity index (χ3n) is 15.2. The van der Waals surface area contributed by atoms with Gasteiger partial charge in [-0.2, -0.15) is 0 Å². The number of nitrogens with one attached hydrogen (secondary N) is 1. The molecule has 1 spiro atoms. The molecule has 0 radical (unpaired) electrons. The van der Waals surface area contributed by atoms with Crippen molar-refractivity contribution in [2.45, 2.75) is 74.8 Å². The zero-order valence-electron chi connectivity index (χ0n) is 41.5. The number of benzene rings is 5. The Morgan fingerprint density at radius 1 is 0.787 bits per heavy atom. The van der Waals surface area contributed by atoms with Crippen LogP contribution in [0.1, 0.15) is 85.2 Å². The van der Waals surface area contributed by atoms with Crippen LogP contribution in [0.3, 0.4) is 0 Å². The molecule has 10 rings (SSSR count). The molecule has 16 heteroatoms. The lowest BCUT2D eigenvalue weighted by molar-refractivity contribution is -0.180. The second-order valence-electron chi connectivity index (χ2n) is 20.1. The number of carbonyl (C=O) groups excluding carboxylic acids is 6. The lowest BCUT2D eigenvalue weighted by Gasteiger charge is -2.46. The van der Waals surface area contributed by atoms with Gasteiger partial charge in [0, 0.05) is 21.6 Å². The van der Waals surface area contributed by atoms with Crippen molar-refractivity contribution in [1.82, 2.24) is 9.80 Å². The molecule has 0 unspecified atom stereocenters. The largest absolute Gasteiger partial charge is 0.491 e. The molecule has 10 atom stereocenters. The number of hydrogen-bond acceptors (Lipinski definition) is 13. The molecule has 5 aliphatic heterocycles. The number of morpholine rings is 1. The van der Waals surface area contributed by atoms with Crippen molar-refractivity contribution in [2.75, 3.05) is 38.4 Å². The fourth-order valence-electron chi connectivity index (χ4n) is 12.4. The number of piperidine rings is 1. The number of carbonyl (C=O) groups is 6. The van der Waals surface area contributed by atoms with Crippen molar-refractivity contribution in [3.8, 4) is 11.5 Å². The van der Waals surface area contributed by atoms with Crippen molar-refractivity contribution in [3.05, 3.63) is 171 Å². The summed E-state index contributed by atoms with van der Waals surface area (Å²) in [6.07, 6.45) is 1.37. The van der Waals surface area contributed by atoms with Gasteiger partial charge in [0.05, 0.1) is 36.7 Å². The van der Waals surface area contributed by atoms with E-state index in [1.54, 1.807) is 47.4 Å². The zero-order chi connectivity index (χ0) is 52.5. The minimum atomic E-state index is -1.71. The molecule has 5 aromatic rings. The number of aliphatic hydroxyl groups excluding tert-OH is 1. The molecule has 75 heavy (non-hydrogen) atoms. The summed E-state index contributed by atoms with van der Waals surface area (Å²) in [6, 6.07) is 34.2. The molecule has 0 bridgehead atoms. The number of anilines is 1. The average molecular weight is 1130 g/mol. The van der Waals surface area contributed by atoms with E-state index in [0.717, 1.165) is 14.7 Å². The fraction of sp³-hybridized carbons (Fsp3) is 0.356. The predicted octanol–water partition coefficient (Wildman–Crippen LogP) is 8.18. The minimum absolute atomic E-state index is 0.0535. The van der Waals surface area contributed by atoms with E-state index >= 15 is 4.79 Å². The lowest BCUT2D eigenvalue weighted by atomic mass is 9.65. The zero-order valence-corrected chi connectivity index (χ0v) is 43.7. The summed E-state index contributed by atoms with van der Waals surface area (Å²) in [4.78, 5) is 90.6. The van der Waals surface area contributed by atoms with Gasteiger partial charge >= 0.3 is 17.9 Å². The molecule has 0 aliphatic carbocycles. The Morgan fingerprint density at radius 2 is 1.49 bits per heavy atom. The summed E-state index contributed by atoms with van der Waals surface area (Å²) >= 11 is 2.18. The first-order valence-electron chi connectivity index (χ1n) is 25.4. The number of Topliss-reactive ketones (excluding diaryl/α,β-unsaturated/α-hetero) is 1. The Balaban J connectivity index is 0.959. The number of aliphatic hydroxyl groups is 1. The van der Waals surface area contributed by atoms with Gasteiger partial charge in [-0.15, -0.1) is 0 Å². The van der Waals surface area contributed by atoms with Gasteiger partial charge in [-0.25, -0.2) is 0 Å². The summed E-state index contributed by atoms with van der Waals surface area (Å²) in [7, 11) is 0. The fourth-order valence-corrected chi connectivity index (χ4v) is 12.9. The average Bonchev–Trinajstić information content (AvgIpc) is 4.27. The van der Waals surface area contributed by atoms with Gasteiger partial charge in [-0.1, -0.05) is 111 Å². The van der Waals surface area contributed by atoms with Crippen molar-refractivity contribution >= 4 is 63.8 Å². The predicted molar refractivity (Wildman–Crippen MR) is 283 cm³/mol. The van der Waals surface area contributed by atoms with Gasteiger partial charge in [-0.3, -0.25) is 33.7 Å². The second-order valence-corrected chi connectivity index (χ2v) is 21.3. The van der Waals surface area contributed by atoms with Crippen LogP contribution in [0.4, 0.5) is 5.69 Å². The number of amides is 2. The van der Waals surface area contributed by atoms with Crippen molar-refractivity contribution in [2.24, 2.45) is 23.7 Å². The van der Waals surface area contributed by atoms with E-state index in [1.807, 2.05) is 104 Å². The molecule has 4 saturated heterocycles. The van der Waals surface area contributed by atoms with Gasteiger partial charge in [-0.05, 0) is 112 Å². The highest BCUT2D eigenvalue weighted by Crippen LogP contribution is 2.65. The first-order chi connectivity index (χ1) is 36.3. The van der Waals surface area contributed by atoms with E-state index < -0.39 is 83.3 Å². The highest BCUT2D eigenvalue weighted by molar-refractivity contribution is 14.1. The van der Waals surface area contributed by atoms with Crippen LogP contribution in [-0.4, -0.2) is 95.5 Å². The number of nitrogens with zero attached hydrogens (tertiary/aromatic N) is 2. The van der Waals surface area contributed by atoms with Crippen molar-refractivity contribution in [1.29, 1.82) is 0 Å². The summed E-state index contributed by atoms with van der Waals surface area (Å²) in [5.74, 6) is -4.39. The highest BCUT2D eigenvalue weighted by atomic mass is 127. The van der Waals surface area contributed by atoms with Crippen LogP contribution >= 0.6 is 22.6 Å². The Hall–Kier alpha value is -6.89. The second kappa shape index (κ2) is 21.8. The van der Waals surface area contributed by atoms with E-state index in [1.165, 1.54) is 6.08 Å². The van der Waals surface area contributed by atoms with Crippen molar-refractivity contribution < 1.29 is 57.6 Å². The third-order valence-corrected chi connectivity index (χ3v) is 15.9. The molecule has 5 heterocycles. The molecule has 5 aliphatic rings. The number of esters is 3. The molecular weight excluding hydrogens is 1070 g/mol. The normalized spacial score (nSPS) is 26.8. The van der Waals surface area contributed by atoms with Crippen molar-refractivity contribution in [3.63, 3.8) is 0 Å². The van der Waals surface area contributed by atoms with Gasteiger partial charge in [0.15, 0.2) is 5.78 Å². The first-order valence-corrected chi connectivity index (χ1v) is 26.5. The maximum atomic E-state index is 15.3. The Bertz CT molecular complexity index is 2990. The number of ketones is 1. The van der Waals surface area contributed by atoms with Gasteiger partial charge in [0.25, 0.3) is 0 Å². The van der Waals surface area contributed by atoms with E-state index in [0.29, 0.717) is 40.3 Å². The Labute approximate surface area is 448 Å².